The van der Waals surface area contributed by atoms with Crippen molar-refractivity contribution in [3.05, 3.63) is 21.3 Å². The quantitative estimate of drug-likeness (QED) is 0.762. The van der Waals surface area contributed by atoms with Crippen LogP contribution in [0.1, 0.15) is 41.8 Å². The normalized spacial score (nSPS) is 17.3. The number of ether oxygens (including phenoxy) is 1. The van der Waals surface area contributed by atoms with Crippen LogP contribution in [-0.4, -0.2) is 12.6 Å². The highest BCUT2D eigenvalue weighted by Crippen LogP contribution is 2.25. The molecule has 1 aromatic heterocycles. The number of rotatable bonds is 3. The maximum absolute atomic E-state index is 11.6. The zero-order chi connectivity index (χ0) is 11.4. The fraction of sp³-hybridized carbons (Fsp3) is 0.583. The lowest BCUT2D eigenvalue weighted by molar-refractivity contribution is 0.0416. The molecule has 0 atom stereocenters. The van der Waals surface area contributed by atoms with Crippen LogP contribution >= 0.6 is 22.9 Å². The van der Waals surface area contributed by atoms with Gasteiger partial charge in [0.15, 0.2) is 0 Å². The minimum Gasteiger partial charge on any atom is -0.461 e. The van der Waals surface area contributed by atoms with Crippen molar-refractivity contribution in [3.8, 4) is 0 Å². The van der Waals surface area contributed by atoms with Crippen LogP contribution in [0.15, 0.2) is 12.1 Å². The highest BCUT2D eigenvalue weighted by atomic mass is 35.5. The summed E-state index contributed by atoms with van der Waals surface area (Å²) in [4.78, 5) is 12.2. The molecule has 0 aliphatic heterocycles. The molecule has 1 aliphatic carbocycles. The van der Waals surface area contributed by atoms with Gasteiger partial charge in [0.05, 0.1) is 10.9 Å². The Bertz CT molecular complexity index is 356. The van der Waals surface area contributed by atoms with Crippen molar-refractivity contribution in [3.63, 3.8) is 0 Å². The third kappa shape index (κ3) is 3.22. The number of hydrogen-bond acceptors (Lipinski definition) is 3. The Morgan fingerprint density at radius 2 is 2.12 bits per heavy atom. The first-order valence-electron chi connectivity index (χ1n) is 5.68. The molecule has 0 radical (unpaired) electrons. The molecular formula is C12H15ClO2S. The summed E-state index contributed by atoms with van der Waals surface area (Å²) in [6, 6.07) is 3.44. The van der Waals surface area contributed by atoms with Crippen molar-refractivity contribution >= 4 is 28.9 Å². The van der Waals surface area contributed by atoms with Crippen molar-refractivity contribution in [1.29, 1.82) is 0 Å². The van der Waals surface area contributed by atoms with Gasteiger partial charge in [0, 0.05) is 0 Å². The first-order chi connectivity index (χ1) is 7.75. The topological polar surface area (TPSA) is 26.3 Å². The number of esters is 1. The molecule has 0 N–H and O–H groups in total. The predicted molar refractivity (Wildman–Crippen MR) is 66.2 cm³/mol. The van der Waals surface area contributed by atoms with E-state index in [0.29, 0.717) is 21.7 Å². The molecule has 88 valence electrons. The van der Waals surface area contributed by atoms with Gasteiger partial charge >= 0.3 is 5.97 Å². The van der Waals surface area contributed by atoms with E-state index in [-0.39, 0.29) is 5.97 Å². The monoisotopic (exact) mass is 258 g/mol. The van der Waals surface area contributed by atoms with Gasteiger partial charge in [0.2, 0.25) is 0 Å². The van der Waals surface area contributed by atoms with Crippen molar-refractivity contribution in [2.45, 2.75) is 32.1 Å². The largest absolute Gasteiger partial charge is 0.461 e. The van der Waals surface area contributed by atoms with Crippen molar-refractivity contribution in [2.75, 3.05) is 6.61 Å². The molecule has 2 nitrogen and oxygen atoms in total. The SMILES string of the molecule is O=C(OCC1CCCCC1)c1ccc(Cl)s1. The summed E-state index contributed by atoms with van der Waals surface area (Å²) in [5, 5.41) is 0. The zero-order valence-corrected chi connectivity index (χ0v) is 10.6. The summed E-state index contributed by atoms with van der Waals surface area (Å²) in [5.74, 6) is 0.329. The third-order valence-electron chi connectivity index (χ3n) is 2.95. The van der Waals surface area contributed by atoms with E-state index in [0.717, 1.165) is 0 Å². The molecule has 4 heteroatoms. The summed E-state index contributed by atoms with van der Waals surface area (Å²) in [6.45, 7) is 0.564. The van der Waals surface area contributed by atoms with Gasteiger partial charge in [-0.1, -0.05) is 30.9 Å². The lowest BCUT2D eigenvalue weighted by Crippen LogP contribution is -2.16. The second-order valence-electron chi connectivity index (χ2n) is 4.21. The fourth-order valence-corrected chi connectivity index (χ4v) is 2.98. The molecule has 1 fully saturated rings. The Kier molecular flexibility index (Phi) is 4.24. The molecule has 0 spiro atoms. The standard InChI is InChI=1S/C12H15ClO2S/c13-11-7-6-10(16-11)12(14)15-8-9-4-2-1-3-5-9/h6-7,9H,1-5,8H2. The summed E-state index contributed by atoms with van der Waals surface area (Å²) in [6.07, 6.45) is 6.25. The average molecular weight is 259 g/mol. The minimum absolute atomic E-state index is 0.234. The Labute approximate surface area is 105 Å². The van der Waals surface area contributed by atoms with Crippen LogP contribution in [0.2, 0.25) is 4.34 Å². The molecule has 0 amide bonds. The van der Waals surface area contributed by atoms with E-state index in [4.69, 9.17) is 16.3 Å². The summed E-state index contributed by atoms with van der Waals surface area (Å²) < 4.78 is 5.92. The summed E-state index contributed by atoms with van der Waals surface area (Å²) in [5.41, 5.74) is 0. The highest BCUT2D eigenvalue weighted by molar-refractivity contribution is 7.17. The van der Waals surface area contributed by atoms with Crippen LogP contribution in [0.3, 0.4) is 0 Å². The van der Waals surface area contributed by atoms with Crippen LogP contribution in [0.4, 0.5) is 0 Å². The molecular weight excluding hydrogens is 244 g/mol. The van der Waals surface area contributed by atoms with Gasteiger partial charge in [0.1, 0.15) is 4.88 Å². The number of carbonyl (C=O) groups excluding carboxylic acids is 1. The van der Waals surface area contributed by atoms with Gasteiger partial charge in [-0.3, -0.25) is 0 Å². The molecule has 1 aliphatic rings. The van der Waals surface area contributed by atoms with Gasteiger partial charge in [-0.2, -0.15) is 0 Å². The average Bonchev–Trinajstić information content (AvgIpc) is 2.74. The molecule has 1 heterocycles. The third-order valence-corrected chi connectivity index (χ3v) is 4.16. The second-order valence-corrected chi connectivity index (χ2v) is 5.92. The molecule has 2 rings (SSSR count). The fourth-order valence-electron chi connectivity index (χ4n) is 2.04. The van der Waals surface area contributed by atoms with Crippen LogP contribution in [-0.2, 0) is 4.74 Å². The van der Waals surface area contributed by atoms with E-state index in [9.17, 15) is 4.79 Å². The molecule has 0 bridgehead atoms. The summed E-state index contributed by atoms with van der Waals surface area (Å²) in [7, 11) is 0. The van der Waals surface area contributed by atoms with Crippen molar-refractivity contribution < 1.29 is 9.53 Å². The minimum atomic E-state index is -0.234. The lowest BCUT2D eigenvalue weighted by atomic mass is 9.90. The molecule has 0 unspecified atom stereocenters. The van der Waals surface area contributed by atoms with Crippen LogP contribution in [0, 0.1) is 5.92 Å². The molecule has 0 saturated heterocycles. The summed E-state index contributed by atoms with van der Waals surface area (Å²) >= 11 is 7.04. The van der Waals surface area contributed by atoms with Crippen molar-refractivity contribution in [1.82, 2.24) is 0 Å². The Morgan fingerprint density at radius 3 is 2.75 bits per heavy atom. The van der Waals surface area contributed by atoms with E-state index < -0.39 is 0 Å². The van der Waals surface area contributed by atoms with E-state index in [2.05, 4.69) is 0 Å². The maximum atomic E-state index is 11.6. The van der Waals surface area contributed by atoms with E-state index in [1.54, 1.807) is 12.1 Å². The van der Waals surface area contributed by atoms with Crippen LogP contribution < -0.4 is 0 Å². The highest BCUT2D eigenvalue weighted by Gasteiger charge is 2.17. The number of hydrogen-bond donors (Lipinski definition) is 0. The van der Waals surface area contributed by atoms with Crippen LogP contribution in [0.5, 0.6) is 0 Å². The zero-order valence-electron chi connectivity index (χ0n) is 9.08. The first kappa shape index (κ1) is 11.9. The van der Waals surface area contributed by atoms with Crippen molar-refractivity contribution in [2.24, 2.45) is 5.92 Å². The predicted octanol–water partition coefficient (Wildman–Crippen LogP) is 4.14. The Morgan fingerprint density at radius 1 is 1.38 bits per heavy atom. The Balaban J connectivity index is 1.79. The van der Waals surface area contributed by atoms with Crippen LogP contribution in [0.25, 0.3) is 0 Å². The molecule has 1 saturated carbocycles. The molecule has 1 aromatic rings. The first-order valence-corrected chi connectivity index (χ1v) is 6.87. The number of thiophene rings is 1. The van der Waals surface area contributed by atoms with Gasteiger partial charge in [0.25, 0.3) is 0 Å². The Hall–Kier alpha value is -0.540. The van der Waals surface area contributed by atoms with Gasteiger partial charge < -0.3 is 4.74 Å². The second kappa shape index (κ2) is 5.69. The smallest absolute Gasteiger partial charge is 0.348 e. The number of carbonyl (C=O) groups is 1. The van der Waals surface area contributed by atoms with E-state index >= 15 is 0 Å². The lowest BCUT2D eigenvalue weighted by Gasteiger charge is -2.20. The number of halogens is 1. The molecule has 0 aromatic carbocycles. The van der Waals surface area contributed by atoms with Gasteiger partial charge in [-0.05, 0) is 30.9 Å². The van der Waals surface area contributed by atoms with E-state index in [1.165, 1.54) is 43.4 Å². The van der Waals surface area contributed by atoms with Gasteiger partial charge in [-0.25, -0.2) is 4.79 Å². The van der Waals surface area contributed by atoms with Gasteiger partial charge in [-0.15, -0.1) is 11.3 Å². The van der Waals surface area contributed by atoms with E-state index in [1.807, 2.05) is 0 Å². The maximum Gasteiger partial charge on any atom is 0.348 e. The molecule has 16 heavy (non-hydrogen) atoms.